The lowest BCUT2D eigenvalue weighted by Crippen LogP contribution is -2.22. The van der Waals surface area contributed by atoms with Gasteiger partial charge in [0.05, 0.1) is 29.0 Å². The predicted octanol–water partition coefficient (Wildman–Crippen LogP) is 3.43. The van der Waals surface area contributed by atoms with E-state index < -0.39 is 0 Å². The molecule has 0 radical (unpaired) electrons. The summed E-state index contributed by atoms with van der Waals surface area (Å²) in [5.41, 5.74) is 2.81. The number of aromatic nitrogens is 1. The average Bonchev–Trinajstić information content (AvgIpc) is 2.52. The van der Waals surface area contributed by atoms with Gasteiger partial charge in [-0.05, 0) is 53.5 Å². The standard InChI is InChI=1S/C16H16BrN3O2/c1-3-22-11-4-5-13(10(2)8-11)20-9-12(17)14-15(16(20)21)19-7-6-18-14/h4-5,7-9,18H,3,6H2,1-2H3. The number of hydrogen-bond donors (Lipinski definition) is 1. The summed E-state index contributed by atoms with van der Waals surface area (Å²) in [6.45, 7) is 5.14. The van der Waals surface area contributed by atoms with E-state index in [4.69, 9.17) is 4.74 Å². The molecule has 0 spiro atoms. The lowest BCUT2D eigenvalue weighted by molar-refractivity contribution is 0.340. The third kappa shape index (κ3) is 2.54. The topological polar surface area (TPSA) is 55.6 Å². The molecule has 114 valence electrons. The van der Waals surface area contributed by atoms with Gasteiger partial charge in [-0.1, -0.05) is 0 Å². The lowest BCUT2D eigenvalue weighted by atomic mass is 10.1. The Labute approximate surface area is 136 Å². The Bertz CT molecular complexity index is 812. The molecular weight excluding hydrogens is 346 g/mol. The van der Waals surface area contributed by atoms with Crippen molar-refractivity contribution in [1.82, 2.24) is 4.57 Å². The van der Waals surface area contributed by atoms with E-state index in [1.807, 2.05) is 32.0 Å². The molecule has 2 aromatic rings. The molecule has 1 N–H and O–H groups in total. The summed E-state index contributed by atoms with van der Waals surface area (Å²) >= 11 is 3.51. The van der Waals surface area contributed by atoms with Crippen LogP contribution in [0, 0.1) is 6.92 Å². The van der Waals surface area contributed by atoms with E-state index in [2.05, 4.69) is 26.2 Å². The molecule has 0 amide bonds. The molecule has 1 aromatic carbocycles. The van der Waals surface area contributed by atoms with Crippen LogP contribution in [0.4, 0.5) is 11.4 Å². The second-order valence-corrected chi connectivity index (χ2v) is 5.80. The van der Waals surface area contributed by atoms with Gasteiger partial charge in [0.25, 0.3) is 5.56 Å². The highest BCUT2D eigenvalue weighted by atomic mass is 79.9. The highest BCUT2D eigenvalue weighted by Gasteiger charge is 2.17. The maximum atomic E-state index is 12.7. The number of aliphatic imine (C=N–C) groups is 1. The fraction of sp³-hybridized carbons (Fsp3) is 0.250. The first kappa shape index (κ1) is 14.8. The van der Waals surface area contributed by atoms with Gasteiger partial charge >= 0.3 is 0 Å². The molecule has 0 atom stereocenters. The van der Waals surface area contributed by atoms with Gasteiger partial charge in [-0.3, -0.25) is 14.4 Å². The minimum Gasteiger partial charge on any atom is -0.494 e. The summed E-state index contributed by atoms with van der Waals surface area (Å²) < 4.78 is 7.91. The number of anilines is 1. The number of benzene rings is 1. The Morgan fingerprint density at radius 2 is 2.27 bits per heavy atom. The van der Waals surface area contributed by atoms with Crippen LogP contribution in [0.15, 0.2) is 38.7 Å². The zero-order chi connectivity index (χ0) is 15.7. The van der Waals surface area contributed by atoms with Crippen molar-refractivity contribution in [1.29, 1.82) is 0 Å². The monoisotopic (exact) mass is 361 g/mol. The Morgan fingerprint density at radius 1 is 1.45 bits per heavy atom. The largest absolute Gasteiger partial charge is 0.494 e. The molecule has 2 heterocycles. The number of rotatable bonds is 3. The van der Waals surface area contributed by atoms with Crippen molar-refractivity contribution >= 4 is 33.5 Å². The molecule has 22 heavy (non-hydrogen) atoms. The molecule has 0 unspecified atom stereocenters. The van der Waals surface area contributed by atoms with Gasteiger partial charge in [0.2, 0.25) is 0 Å². The number of aryl methyl sites for hydroxylation is 1. The maximum absolute atomic E-state index is 12.7. The van der Waals surface area contributed by atoms with Crippen molar-refractivity contribution in [2.75, 3.05) is 18.5 Å². The summed E-state index contributed by atoms with van der Waals surface area (Å²) in [5.74, 6) is 0.800. The van der Waals surface area contributed by atoms with Gasteiger partial charge in [0, 0.05) is 12.4 Å². The highest BCUT2D eigenvalue weighted by Crippen LogP contribution is 2.32. The Morgan fingerprint density at radius 3 is 3.00 bits per heavy atom. The van der Waals surface area contributed by atoms with E-state index in [-0.39, 0.29) is 5.56 Å². The van der Waals surface area contributed by atoms with E-state index in [0.717, 1.165) is 27.2 Å². The van der Waals surface area contributed by atoms with Crippen LogP contribution in [0.1, 0.15) is 12.5 Å². The van der Waals surface area contributed by atoms with E-state index >= 15 is 0 Å². The molecule has 1 aliphatic heterocycles. The molecule has 6 heteroatoms. The number of nitrogens with zero attached hydrogens (tertiary/aromatic N) is 2. The zero-order valence-corrected chi connectivity index (χ0v) is 14.0. The second kappa shape index (κ2) is 5.96. The lowest BCUT2D eigenvalue weighted by Gasteiger charge is -2.17. The van der Waals surface area contributed by atoms with Crippen molar-refractivity contribution in [2.45, 2.75) is 13.8 Å². The van der Waals surface area contributed by atoms with Gasteiger partial charge in [-0.2, -0.15) is 0 Å². The van der Waals surface area contributed by atoms with E-state index in [0.29, 0.717) is 18.8 Å². The van der Waals surface area contributed by atoms with Crippen molar-refractivity contribution in [2.24, 2.45) is 4.99 Å². The minimum absolute atomic E-state index is 0.145. The van der Waals surface area contributed by atoms with Gasteiger partial charge in [-0.15, -0.1) is 0 Å². The number of hydrogen-bond acceptors (Lipinski definition) is 4. The predicted molar refractivity (Wildman–Crippen MR) is 92.3 cm³/mol. The summed E-state index contributed by atoms with van der Waals surface area (Å²) in [5, 5.41) is 3.16. The third-order valence-corrected chi connectivity index (χ3v) is 4.07. The molecule has 5 nitrogen and oxygen atoms in total. The molecule has 0 aliphatic carbocycles. The quantitative estimate of drug-likeness (QED) is 0.910. The van der Waals surface area contributed by atoms with Crippen LogP contribution in [-0.4, -0.2) is 23.9 Å². The van der Waals surface area contributed by atoms with Crippen LogP contribution < -0.4 is 15.6 Å². The van der Waals surface area contributed by atoms with Gasteiger partial charge in [0.15, 0.2) is 5.69 Å². The highest BCUT2D eigenvalue weighted by molar-refractivity contribution is 9.10. The van der Waals surface area contributed by atoms with Crippen molar-refractivity contribution in [3.8, 4) is 11.4 Å². The molecule has 0 fully saturated rings. The molecule has 0 bridgehead atoms. The first-order valence-corrected chi connectivity index (χ1v) is 7.86. The summed E-state index contributed by atoms with van der Waals surface area (Å²) in [6, 6.07) is 5.69. The van der Waals surface area contributed by atoms with E-state index in [1.54, 1.807) is 17.0 Å². The van der Waals surface area contributed by atoms with Crippen molar-refractivity contribution in [3.05, 3.63) is 44.8 Å². The Hall–Kier alpha value is -2.08. The van der Waals surface area contributed by atoms with Gasteiger partial charge < -0.3 is 10.1 Å². The van der Waals surface area contributed by atoms with Gasteiger partial charge in [0.1, 0.15) is 5.75 Å². The first-order chi connectivity index (χ1) is 10.6. The Balaban J connectivity index is 2.16. The SMILES string of the molecule is CCOc1ccc(-n2cc(Br)c3c(c2=O)N=CCN3)c(C)c1. The second-order valence-electron chi connectivity index (χ2n) is 4.95. The molecule has 0 saturated carbocycles. The first-order valence-electron chi connectivity index (χ1n) is 7.07. The summed E-state index contributed by atoms with van der Waals surface area (Å²) in [7, 11) is 0. The van der Waals surface area contributed by atoms with E-state index in [1.165, 1.54) is 0 Å². The number of pyridine rings is 1. The van der Waals surface area contributed by atoms with Crippen LogP contribution in [0.3, 0.4) is 0 Å². The van der Waals surface area contributed by atoms with Crippen LogP contribution in [-0.2, 0) is 0 Å². The normalized spacial score (nSPS) is 12.7. The molecular formula is C16H16BrN3O2. The Kier molecular flexibility index (Phi) is 4.02. The minimum atomic E-state index is -0.145. The fourth-order valence-corrected chi connectivity index (χ4v) is 3.01. The number of ether oxygens (including phenoxy) is 1. The number of halogens is 1. The van der Waals surface area contributed by atoms with Crippen molar-refractivity contribution < 1.29 is 4.74 Å². The summed E-state index contributed by atoms with van der Waals surface area (Å²) in [6.07, 6.45) is 3.48. The molecule has 1 aliphatic rings. The van der Waals surface area contributed by atoms with Crippen LogP contribution in [0.5, 0.6) is 5.75 Å². The van der Waals surface area contributed by atoms with Gasteiger partial charge in [-0.25, -0.2) is 0 Å². The number of fused-ring (bicyclic) bond motifs is 1. The van der Waals surface area contributed by atoms with Crippen molar-refractivity contribution in [3.63, 3.8) is 0 Å². The molecule has 0 saturated heterocycles. The number of nitrogens with one attached hydrogen (secondary N) is 1. The van der Waals surface area contributed by atoms with E-state index in [9.17, 15) is 4.79 Å². The van der Waals surface area contributed by atoms with Crippen LogP contribution >= 0.6 is 15.9 Å². The zero-order valence-electron chi connectivity index (χ0n) is 12.4. The van der Waals surface area contributed by atoms with Crippen LogP contribution in [0.25, 0.3) is 5.69 Å². The molecule has 3 rings (SSSR count). The fourth-order valence-electron chi connectivity index (χ4n) is 2.48. The maximum Gasteiger partial charge on any atom is 0.283 e. The van der Waals surface area contributed by atoms with Crippen LogP contribution in [0.2, 0.25) is 0 Å². The third-order valence-electron chi connectivity index (χ3n) is 3.47. The molecule has 1 aromatic heterocycles. The summed E-state index contributed by atoms with van der Waals surface area (Å²) in [4.78, 5) is 16.9. The smallest absolute Gasteiger partial charge is 0.283 e. The average molecular weight is 362 g/mol.